The van der Waals surface area contributed by atoms with Crippen molar-refractivity contribution in [3.05, 3.63) is 144 Å². The van der Waals surface area contributed by atoms with Crippen molar-refractivity contribution >= 4 is 22.4 Å². The molecule has 162 valence electrons. The summed E-state index contributed by atoms with van der Waals surface area (Å²) >= 11 is 0. The molecule has 0 bridgehead atoms. The van der Waals surface area contributed by atoms with Crippen molar-refractivity contribution in [2.24, 2.45) is 9.98 Å². The Kier molecular flexibility index (Phi) is 5.21. The number of nitrogens with zero attached hydrogens (tertiary/aromatic N) is 2. The van der Waals surface area contributed by atoms with Gasteiger partial charge in [0.2, 0.25) is 0 Å². The summed E-state index contributed by atoms with van der Waals surface area (Å²) in [6.45, 7) is 0. The molecular weight excluding hydrogens is 414 g/mol. The molecule has 5 aromatic rings. The third-order valence-electron chi connectivity index (χ3n) is 6.11. The van der Waals surface area contributed by atoms with Gasteiger partial charge in [-0.1, -0.05) is 115 Å². The van der Waals surface area contributed by atoms with E-state index in [4.69, 9.17) is 9.98 Å². The van der Waals surface area contributed by atoms with Gasteiger partial charge in [-0.05, 0) is 39.6 Å². The fraction of sp³-hybridized carbons (Fsp3) is 0.0323. The van der Waals surface area contributed by atoms with Crippen LogP contribution in [0.4, 0.5) is 0 Å². The van der Waals surface area contributed by atoms with Crippen molar-refractivity contribution in [3.63, 3.8) is 0 Å². The molecule has 34 heavy (non-hydrogen) atoms. The van der Waals surface area contributed by atoms with Crippen LogP contribution in [0.1, 0.15) is 22.9 Å². The number of aliphatic imine (C=N–C) groups is 2. The molecule has 0 spiro atoms. The SMILES string of the molecule is c1ccc(C2=NC(c3ccccc3)N=C(c3ccc4ccc(-c5ccccc5)cc4c3)N2)cc1. The fourth-order valence-electron chi connectivity index (χ4n) is 4.32. The Labute approximate surface area is 199 Å². The van der Waals surface area contributed by atoms with E-state index >= 15 is 0 Å². The number of amidine groups is 2. The number of hydrogen-bond acceptors (Lipinski definition) is 3. The predicted octanol–water partition coefficient (Wildman–Crippen LogP) is 7.00. The van der Waals surface area contributed by atoms with Crippen LogP contribution < -0.4 is 5.32 Å². The average molecular weight is 438 g/mol. The van der Waals surface area contributed by atoms with Crippen molar-refractivity contribution in [2.45, 2.75) is 6.17 Å². The largest absolute Gasteiger partial charge is 0.324 e. The van der Waals surface area contributed by atoms with Gasteiger partial charge in [-0.15, -0.1) is 0 Å². The van der Waals surface area contributed by atoms with Crippen LogP contribution >= 0.6 is 0 Å². The second kappa shape index (κ2) is 8.80. The molecule has 1 aliphatic rings. The van der Waals surface area contributed by atoms with Crippen molar-refractivity contribution < 1.29 is 0 Å². The van der Waals surface area contributed by atoms with E-state index in [0.717, 1.165) is 28.4 Å². The molecule has 0 fully saturated rings. The maximum absolute atomic E-state index is 5.00. The molecule has 1 N–H and O–H groups in total. The predicted molar refractivity (Wildman–Crippen MR) is 141 cm³/mol. The molecule has 0 aliphatic carbocycles. The highest BCUT2D eigenvalue weighted by molar-refractivity contribution is 6.16. The highest BCUT2D eigenvalue weighted by atomic mass is 15.2. The zero-order chi connectivity index (χ0) is 22.7. The molecule has 0 amide bonds. The molecule has 0 saturated heterocycles. The van der Waals surface area contributed by atoms with E-state index in [-0.39, 0.29) is 6.17 Å². The lowest BCUT2D eigenvalue weighted by Crippen LogP contribution is -2.36. The Morgan fingerprint density at radius 1 is 0.441 bits per heavy atom. The number of hydrogen-bond donors (Lipinski definition) is 1. The summed E-state index contributed by atoms with van der Waals surface area (Å²) in [5.74, 6) is 1.66. The third kappa shape index (κ3) is 4.00. The molecule has 0 radical (unpaired) electrons. The first-order valence-electron chi connectivity index (χ1n) is 11.5. The van der Waals surface area contributed by atoms with Gasteiger partial charge in [0, 0.05) is 11.1 Å². The van der Waals surface area contributed by atoms with E-state index < -0.39 is 0 Å². The first-order valence-corrected chi connectivity index (χ1v) is 11.5. The highest BCUT2D eigenvalue weighted by Gasteiger charge is 2.20. The van der Waals surface area contributed by atoms with Crippen molar-refractivity contribution in [3.8, 4) is 11.1 Å². The number of nitrogens with one attached hydrogen (secondary N) is 1. The molecule has 3 nitrogen and oxygen atoms in total. The lowest BCUT2D eigenvalue weighted by molar-refractivity contribution is 0.756. The second-order valence-corrected chi connectivity index (χ2v) is 8.37. The Morgan fingerprint density at radius 2 is 0.971 bits per heavy atom. The Morgan fingerprint density at radius 3 is 1.65 bits per heavy atom. The molecular formula is C31H23N3. The monoisotopic (exact) mass is 437 g/mol. The van der Waals surface area contributed by atoms with Crippen LogP contribution in [0.5, 0.6) is 0 Å². The highest BCUT2D eigenvalue weighted by Crippen LogP contribution is 2.27. The van der Waals surface area contributed by atoms with Crippen molar-refractivity contribution in [2.75, 3.05) is 0 Å². The fourth-order valence-corrected chi connectivity index (χ4v) is 4.32. The van der Waals surface area contributed by atoms with E-state index in [1.165, 1.54) is 21.9 Å². The zero-order valence-electron chi connectivity index (χ0n) is 18.6. The van der Waals surface area contributed by atoms with Gasteiger partial charge in [-0.3, -0.25) is 0 Å². The number of fused-ring (bicyclic) bond motifs is 1. The van der Waals surface area contributed by atoms with Crippen molar-refractivity contribution in [1.29, 1.82) is 0 Å². The minimum atomic E-state index is -0.293. The van der Waals surface area contributed by atoms with Crippen LogP contribution in [0.3, 0.4) is 0 Å². The lowest BCUT2D eigenvalue weighted by Gasteiger charge is -2.22. The van der Waals surface area contributed by atoms with Crippen LogP contribution in [-0.4, -0.2) is 11.7 Å². The minimum Gasteiger partial charge on any atom is -0.324 e. The van der Waals surface area contributed by atoms with Gasteiger partial charge in [-0.25, -0.2) is 9.98 Å². The summed E-state index contributed by atoms with van der Waals surface area (Å²) in [7, 11) is 0. The molecule has 1 atom stereocenters. The third-order valence-corrected chi connectivity index (χ3v) is 6.11. The van der Waals surface area contributed by atoms with Crippen LogP contribution in [0.2, 0.25) is 0 Å². The average Bonchev–Trinajstić information content (AvgIpc) is 2.93. The van der Waals surface area contributed by atoms with Crippen LogP contribution in [0.15, 0.2) is 137 Å². The van der Waals surface area contributed by atoms with Crippen molar-refractivity contribution in [1.82, 2.24) is 5.32 Å². The van der Waals surface area contributed by atoms with E-state index in [2.05, 4.69) is 90.2 Å². The quantitative estimate of drug-likeness (QED) is 0.323. The maximum atomic E-state index is 5.00. The molecule has 1 heterocycles. The van der Waals surface area contributed by atoms with Crippen LogP contribution in [0.25, 0.3) is 21.9 Å². The summed E-state index contributed by atoms with van der Waals surface area (Å²) in [6.07, 6.45) is -0.293. The molecule has 0 aromatic heterocycles. The zero-order valence-corrected chi connectivity index (χ0v) is 18.6. The van der Waals surface area contributed by atoms with Gasteiger partial charge in [0.1, 0.15) is 11.7 Å². The smallest absolute Gasteiger partial charge is 0.169 e. The van der Waals surface area contributed by atoms with Gasteiger partial charge in [-0.2, -0.15) is 0 Å². The molecule has 1 unspecified atom stereocenters. The van der Waals surface area contributed by atoms with Gasteiger partial charge in [0.05, 0.1) is 0 Å². The minimum absolute atomic E-state index is 0.293. The van der Waals surface area contributed by atoms with E-state index in [9.17, 15) is 0 Å². The number of benzene rings is 5. The molecule has 3 heteroatoms. The maximum Gasteiger partial charge on any atom is 0.169 e. The molecule has 5 aromatic carbocycles. The van der Waals surface area contributed by atoms with Crippen LogP contribution in [0, 0.1) is 0 Å². The summed E-state index contributed by atoms with van der Waals surface area (Å²) in [5.41, 5.74) is 5.58. The van der Waals surface area contributed by atoms with E-state index in [1.54, 1.807) is 0 Å². The van der Waals surface area contributed by atoms with E-state index in [1.807, 2.05) is 42.5 Å². The normalized spacial score (nSPS) is 15.4. The second-order valence-electron chi connectivity index (χ2n) is 8.37. The summed E-state index contributed by atoms with van der Waals surface area (Å²) in [5, 5.41) is 5.89. The lowest BCUT2D eigenvalue weighted by atomic mass is 9.99. The van der Waals surface area contributed by atoms with Crippen LogP contribution in [-0.2, 0) is 0 Å². The summed E-state index contributed by atoms with van der Waals surface area (Å²) < 4.78 is 0. The Bertz CT molecular complexity index is 1500. The standard InChI is InChI=1S/C31H23N3/c1-4-10-22(11-5-1)26-18-16-23-17-19-27(21-28(23)20-26)31-33-29(24-12-6-2-7-13-24)32-30(34-31)25-14-8-3-9-15-25/h1-21,29H,(H,32,33,34). The van der Waals surface area contributed by atoms with E-state index in [0.29, 0.717) is 0 Å². The molecule has 0 saturated carbocycles. The number of rotatable bonds is 4. The Balaban J connectivity index is 1.43. The summed E-state index contributed by atoms with van der Waals surface area (Å²) in [6, 6.07) is 44.1. The topological polar surface area (TPSA) is 36.8 Å². The van der Waals surface area contributed by atoms with Gasteiger partial charge in [0.25, 0.3) is 0 Å². The molecule has 1 aliphatic heterocycles. The first-order chi connectivity index (χ1) is 16.8. The first kappa shape index (κ1) is 20.1. The van der Waals surface area contributed by atoms with Gasteiger partial charge in [0.15, 0.2) is 6.17 Å². The van der Waals surface area contributed by atoms with Gasteiger partial charge >= 0.3 is 0 Å². The van der Waals surface area contributed by atoms with Gasteiger partial charge < -0.3 is 5.32 Å². The summed E-state index contributed by atoms with van der Waals surface area (Å²) in [4.78, 5) is 9.94. The molecule has 6 rings (SSSR count). The Hall–Kier alpha value is -4.50.